The molecule has 1 aliphatic rings. The quantitative estimate of drug-likeness (QED) is 0.781. The average molecular weight is 225 g/mol. The Morgan fingerprint density at radius 2 is 2.19 bits per heavy atom. The fraction of sp³-hybridized carbons (Fsp3) is 0.417. The molecular weight excluding hydrogens is 212 g/mol. The molecule has 4 heteroatoms. The van der Waals surface area contributed by atoms with E-state index in [-0.39, 0.29) is 11.3 Å². The standard InChI is InChI=1S/C12H13F2NO/c1-12(5-6-15-7-12)11(16)8-3-2-4-9(13)10(8)14/h2-4,15H,5-7H2,1H3. The van der Waals surface area contributed by atoms with Crippen LogP contribution in [0.5, 0.6) is 0 Å². The van der Waals surface area contributed by atoms with Crippen LogP contribution >= 0.6 is 0 Å². The second kappa shape index (κ2) is 3.94. The lowest BCUT2D eigenvalue weighted by atomic mass is 9.81. The summed E-state index contributed by atoms with van der Waals surface area (Å²) in [5, 5.41) is 3.06. The van der Waals surface area contributed by atoms with Gasteiger partial charge in [0.25, 0.3) is 0 Å². The summed E-state index contributed by atoms with van der Waals surface area (Å²) in [5.74, 6) is -2.34. The molecule has 1 aromatic carbocycles. The van der Waals surface area contributed by atoms with Crippen LogP contribution in [0.2, 0.25) is 0 Å². The molecule has 0 radical (unpaired) electrons. The molecule has 0 bridgehead atoms. The average Bonchev–Trinajstić information content (AvgIpc) is 2.70. The maximum absolute atomic E-state index is 13.5. The van der Waals surface area contributed by atoms with Crippen molar-refractivity contribution in [1.29, 1.82) is 0 Å². The van der Waals surface area contributed by atoms with Crippen LogP contribution in [0, 0.1) is 17.0 Å². The van der Waals surface area contributed by atoms with Crippen molar-refractivity contribution in [2.24, 2.45) is 5.41 Å². The summed E-state index contributed by atoms with van der Waals surface area (Å²) in [6, 6.07) is 3.71. The van der Waals surface area contributed by atoms with E-state index in [4.69, 9.17) is 0 Å². The normalized spacial score (nSPS) is 24.7. The van der Waals surface area contributed by atoms with Gasteiger partial charge in [0.05, 0.1) is 5.56 Å². The Morgan fingerprint density at radius 1 is 1.44 bits per heavy atom. The van der Waals surface area contributed by atoms with Crippen molar-refractivity contribution >= 4 is 5.78 Å². The summed E-state index contributed by atoms with van der Waals surface area (Å²) in [4.78, 5) is 12.1. The highest BCUT2D eigenvalue weighted by atomic mass is 19.2. The first kappa shape index (κ1) is 11.2. The minimum Gasteiger partial charge on any atom is -0.316 e. The van der Waals surface area contributed by atoms with Crippen molar-refractivity contribution in [2.75, 3.05) is 13.1 Å². The predicted molar refractivity (Wildman–Crippen MR) is 56.3 cm³/mol. The summed E-state index contributed by atoms with van der Waals surface area (Å²) >= 11 is 0. The van der Waals surface area contributed by atoms with Gasteiger partial charge in [-0.15, -0.1) is 0 Å². The molecule has 1 aromatic rings. The van der Waals surface area contributed by atoms with Gasteiger partial charge in [0.1, 0.15) is 0 Å². The highest BCUT2D eigenvalue weighted by Gasteiger charge is 2.38. The van der Waals surface area contributed by atoms with E-state index in [2.05, 4.69) is 5.32 Å². The topological polar surface area (TPSA) is 29.1 Å². The Morgan fingerprint density at radius 3 is 2.81 bits per heavy atom. The minimum absolute atomic E-state index is 0.147. The number of carbonyl (C=O) groups is 1. The molecule has 2 nitrogen and oxygen atoms in total. The second-order valence-corrected chi connectivity index (χ2v) is 4.42. The van der Waals surface area contributed by atoms with Gasteiger partial charge in [0, 0.05) is 12.0 Å². The van der Waals surface area contributed by atoms with Crippen LogP contribution in [0.3, 0.4) is 0 Å². The number of Topliss-reactive ketones (excluding diaryl/α,β-unsaturated/α-hetero) is 1. The molecule has 0 amide bonds. The van der Waals surface area contributed by atoms with Crippen LogP contribution < -0.4 is 5.32 Å². The van der Waals surface area contributed by atoms with E-state index in [0.29, 0.717) is 13.0 Å². The maximum atomic E-state index is 13.5. The molecule has 1 saturated heterocycles. The van der Waals surface area contributed by atoms with Gasteiger partial charge in [-0.05, 0) is 25.1 Å². The van der Waals surface area contributed by atoms with Gasteiger partial charge >= 0.3 is 0 Å². The first-order chi connectivity index (χ1) is 7.54. The third-order valence-corrected chi connectivity index (χ3v) is 3.11. The minimum atomic E-state index is -1.04. The van der Waals surface area contributed by atoms with Crippen molar-refractivity contribution in [1.82, 2.24) is 5.32 Å². The lowest BCUT2D eigenvalue weighted by Gasteiger charge is -2.21. The smallest absolute Gasteiger partial charge is 0.173 e. The van der Waals surface area contributed by atoms with Gasteiger partial charge < -0.3 is 5.32 Å². The molecule has 0 aromatic heterocycles. The zero-order valence-corrected chi connectivity index (χ0v) is 9.02. The first-order valence-electron chi connectivity index (χ1n) is 5.24. The third kappa shape index (κ3) is 1.73. The summed E-state index contributed by atoms with van der Waals surface area (Å²) in [6.07, 6.45) is 0.655. The number of hydrogen-bond acceptors (Lipinski definition) is 2. The number of benzene rings is 1. The van der Waals surface area contributed by atoms with Gasteiger partial charge in [-0.3, -0.25) is 4.79 Å². The zero-order chi connectivity index (χ0) is 11.8. The van der Waals surface area contributed by atoms with Gasteiger partial charge in [0.2, 0.25) is 0 Å². The SMILES string of the molecule is CC1(C(=O)c2cccc(F)c2F)CCNC1. The van der Waals surface area contributed by atoms with E-state index in [9.17, 15) is 13.6 Å². The third-order valence-electron chi connectivity index (χ3n) is 3.11. The molecule has 0 spiro atoms. The van der Waals surface area contributed by atoms with E-state index in [0.717, 1.165) is 12.6 Å². The molecule has 16 heavy (non-hydrogen) atoms. The molecule has 1 aliphatic heterocycles. The maximum Gasteiger partial charge on any atom is 0.173 e. The van der Waals surface area contributed by atoms with Crippen LogP contribution in [-0.2, 0) is 0 Å². The van der Waals surface area contributed by atoms with Crippen molar-refractivity contribution in [3.8, 4) is 0 Å². The molecule has 1 fully saturated rings. The number of ketones is 1. The molecule has 1 heterocycles. The van der Waals surface area contributed by atoms with Gasteiger partial charge in [0.15, 0.2) is 17.4 Å². The molecule has 1 unspecified atom stereocenters. The van der Waals surface area contributed by atoms with Gasteiger partial charge in [-0.2, -0.15) is 0 Å². The Labute approximate surface area is 92.7 Å². The number of carbonyl (C=O) groups excluding carboxylic acids is 1. The van der Waals surface area contributed by atoms with Crippen LogP contribution in [0.1, 0.15) is 23.7 Å². The van der Waals surface area contributed by atoms with E-state index in [1.807, 2.05) is 0 Å². The lowest BCUT2D eigenvalue weighted by Crippen LogP contribution is -2.31. The summed E-state index contributed by atoms with van der Waals surface area (Å²) in [6.45, 7) is 3.03. The number of halogens is 2. The molecule has 1 N–H and O–H groups in total. The van der Waals surface area contributed by atoms with Crippen LogP contribution in [0.25, 0.3) is 0 Å². The fourth-order valence-corrected chi connectivity index (χ4v) is 2.02. The fourth-order valence-electron chi connectivity index (χ4n) is 2.02. The highest BCUT2D eigenvalue weighted by molar-refractivity contribution is 6.00. The predicted octanol–water partition coefficient (Wildman–Crippen LogP) is 2.15. The second-order valence-electron chi connectivity index (χ2n) is 4.42. The monoisotopic (exact) mass is 225 g/mol. The Kier molecular flexibility index (Phi) is 2.76. The Balaban J connectivity index is 2.37. The van der Waals surface area contributed by atoms with Crippen LogP contribution in [0.4, 0.5) is 8.78 Å². The van der Waals surface area contributed by atoms with Crippen molar-refractivity contribution in [3.63, 3.8) is 0 Å². The van der Waals surface area contributed by atoms with Crippen LogP contribution in [0.15, 0.2) is 18.2 Å². The van der Waals surface area contributed by atoms with Crippen molar-refractivity contribution < 1.29 is 13.6 Å². The summed E-state index contributed by atoms with van der Waals surface area (Å²) < 4.78 is 26.5. The molecule has 0 saturated carbocycles. The largest absolute Gasteiger partial charge is 0.316 e. The van der Waals surface area contributed by atoms with E-state index in [1.54, 1.807) is 6.92 Å². The highest BCUT2D eigenvalue weighted by Crippen LogP contribution is 2.30. The molecule has 0 aliphatic carbocycles. The first-order valence-corrected chi connectivity index (χ1v) is 5.24. The molecular formula is C12H13F2NO. The van der Waals surface area contributed by atoms with Crippen LogP contribution in [-0.4, -0.2) is 18.9 Å². The zero-order valence-electron chi connectivity index (χ0n) is 9.02. The molecule has 1 atom stereocenters. The van der Waals surface area contributed by atoms with E-state index >= 15 is 0 Å². The van der Waals surface area contributed by atoms with Crippen molar-refractivity contribution in [3.05, 3.63) is 35.4 Å². The van der Waals surface area contributed by atoms with Gasteiger partial charge in [-0.25, -0.2) is 8.78 Å². The molecule has 86 valence electrons. The number of rotatable bonds is 2. The lowest BCUT2D eigenvalue weighted by molar-refractivity contribution is 0.0834. The summed E-state index contributed by atoms with van der Waals surface area (Å²) in [5.41, 5.74) is -0.763. The summed E-state index contributed by atoms with van der Waals surface area (Å²) in [7, 11) is 0. The van der Waals surface area contributed by atoms with Crippen molar-refractivity contribution in [2.45, 2.75) is 13.3 Å². The Hall–Kier alpha value is -1.29. The number of hydrogen-bond donors (Lipinski definition) is 1. The van der Waals surface area contributed by atoms with E-state index < -0.39 is 17.0 Å². The Bertz CT molecular complexity index is 425. The van der Waals surface area contributed by atoms with E-state index in [1.165, 1.54) is 12.1 Å². The number of nitrogens with one attached hydrogen (secondary N) is 1. The van der Waals surface area contributed by atoms with Gasteiger partial charge in [-0.1, -0.05) is 13.0 Å². The molecule has 2 rings (SSSR count).